The van der Waals surface area contributed by atoms with E-state index in [9.17, 15) is 22.0 Å². The van der Waals surface area contributed by atoms with E-state index >= 15 is 0 Å². The van der Waals surface area contributed by atoms with Crippen molar-refractivity contribution in [3.8, 4) is 28.5 Å². The second-order valence-corrected chi connectivity index (χ2v) is 9.80. The van der Waals surface area contributed by atoms with Crippen molar-refractivity contribution in [1.29, 1.82) is 0 Å². The van der Waals surface area contributed by atoms with Crippen molar-refractivity contribution in [2.75, 3.05) is 0 Å². The van der Waals surface area contributed by atoms with Crippen LogP contribution < -0.4 is 4.65 Å². The molecule has 1 aliphatic rings. The maximum absolute atomic E-state index is 14.6. The maximum atomic E-state index is 14.6. The summed E-state index contributed by atoms with van der Waals surface area (Å²) in [7, 11) is -0.702. The summed E-state index contributed by atoms with van der Waals surface area (Å²) in [4.78, 5) is 22.5. The van der Waals surface area contributed by atoms with Gasteiger partial charge in [0.15, 0.2) is 17.4 Å². The first-order chi connectivity index (χ1) is 20.9. The molecule has 208 valence electrons. The van der Waals surface area contributed by atoms with Crippen molar-refractivity contribution in [2.24, 2.45) is 0 Å². The minimum absolute atomic E-state index is 0.240. The molecule has 0 saturated carbocycles. The van der Waals surface area contributed by atoms with Crippen LogP contribution in [0.1, 0.15) is 0 Å². The fourth-order valence-electron chi connectivity index (χ4n) is 5.36. The number of hydrogen-bond donors (Lipinski definition) is 1. The lowest BCUT2D eigenvalue weighted by Gasteiger charge is -2.11. The molecule has 7 nitrogen and oxygen atoms in total. The van der Waals surface area contributed by atoms with Crippen LogP contribution in [0.3, 0.4) is 0 Å². The Labute approximate surface area is 238 Å². The summed E-state index contributed by atoms with van der Waals surface area (Å²) in [6, 6.07) is 21.9. The van der Waals surface area contributed by atoms with Crippen LogP contribution in [-0.2, 0) is 0 Å². The van der Waals surface area contributed by atoms with E-state index in [2.05, 4.69) is 4.98 Å². The summed E-state index contributed by atoms with van der Waals surface area (Å²) in [6.45, 7) is 0. The van der Waals surface area contributed by atoms with Gasteiger partial charge in [0.2, 0.25) is 29.1 Å². The standard InChI is InChI=1S/C30H14BF5N6O/c32-19-20(33)22(35)24(23(36)21(19)34)43-31-42-29-17-11-5-6-12-18(17)30(42)41-28-16-10-4-2-8-14(16)26(39-28)37-25-13-7-1-3-9-15(13)27(38-25)40-29/h1-12,31H,(H,37,38,39,40,41). The molecule has 1 N–H and O–H groups in total. The number of aromatic amines is 1. The maximum Gasteiger partial charge on any atom is 0.471 e. The van der Waals surface area contributed by atoms with Crippen LogP contribution in [0.15, 0.2) is 72.8 Å². The molecule has 0 saturated heterocycles. The largest absolute Gasteiger partial charge is 0.539 e. The van der Waals surface area contributed by atoms with Gasteiger partial charge in [-0.1, -0.05) is 72.8 Å². The zero-order valence-electron chi connectivity index (χ0n) is 21.7. The van der Waals surface area contributed by atoms with Crippen molar-refractivity contribution in [2.45, 2.75) is 0 Å². The molecule has 1 aliphatic heterocycles. The Bertz CT molecular complexity index is 2360. The number of nitrogens with one attached hydrogen (secondary N) is 1. The number of halogens is 5. The lowest BCUT2D eigenvalue weighted by molar-refractivity contribution is 0.350. The average Bonchev–Trinajstić information content (AvgIpc) is 3.66. The molecule has 0 atom stereocenters. The lowest BCUT2D eigenvalue weighted by atomic mass is 10.1. The number of H-pyrrole nitrogens is 1. The van der Waals surface area contributed by atoms with E-state index in [1.807, 2.05) is 48.5 Å². The third-order valence-corrected chi connectivity index (χ3v) is 7.37. The summed E-state index contributed by atoms with van der Waals surface area (Å²) in [5.41, 5.74) is 2.84. The topological polar surface area (TPSA) is 81.5 Å². The van der Waals surface area contributed by atoms with Crippen molar-refractivity contribution >= 4 is 51.8 Å². The number of hydrogen-bond acceptors (Lipinski definition) is 5. The predicted molar refractivity (Wildman–Crippen MR) is 151 cm³/mol. The second-order valence-electron chi connectivity index (χ2n) is 9.80. The molecule has 43 heavy (non-hydrogen) atoms. The van der Waals surface area contributed by atoms with Gasteiger partial charge in [0.25, 0.3) is 0 Å². The average molecular weight is 580 g/mol. The van der Waals surface area contributed by atoms with E-state index in [1.165, 1.54) is 4.48 Å². The Morgan fingerprint density at radius 2 is 1.00 bits per heavy atom. The Morgan fingerprint density at radius 3 is 1.60 bits per heavy atom. The molecular formula is C30H14BF5N6O. The number of aromatic nitrogens is 6. The van der Waals surface area contributed by atoms with Gasteiger partial charge in [0.05, 0.1) is 0 Å². The molecule has 0 unspecified atom stereocenters. The normalized spacial score (nSPS) is 11.8. The molecule has 4 aromatic carbocycles. The van der Waals surface area contributed by atoms with Gasteiger partial charge in [-0.05, 0) is 0 Å². The first-order valence-corrected chi connectivity index (χ1v) is 13.0. The van der Waals surface area contributed by atoms with Crippen molar-refractivity contribution < 1.29 is 26.6 Å². The van der Waals surface area contributed by atoms with E-state index in [0.29, 0.717) is 39.3 Å². The van der Waals surface area contributed by atoms with E-state index in [4.69, 9.17) is 24.6 Å². The van der Waals surface area contributed by atoms with E-state index in [-0.39, 0.29) is 11.3 Å². The van der Waals surface area contributed by atoms with E-state index in [1.54, 1.807) is 24.3 Å². The highest BCUT2D eigenvalue weighted by Crippen LogP contribution is 2.36. The summed E-state index contributed by atoms with van der Waals surface area (Å²) < 4.78 is 77.6. The Morgan fingerprint density at radius 1 is 0.535 bits per heavy atom. The highest BCUT2D eigenvalue weighted by Gasteiger charge is 2.28. The van der Waals surface area contributed by atoms with Gasteiger partial charge in [-0.15, -0.1) is 0 Å². The van der Waals surface area contributed by atoms with E-state index in [0.717, 1.165) is 16.3 Å². The third kappa shape index (κ3) is 3.67. The van der Waals surface area contributed by atoms with Gasteiger partial charge in [-0.25, -0.2) is 33.1 Å². The Hall–Kier alpha value is -5.59. The van der Waals surface area contributed by atoms with Crippen LogP contribution in [0.2, 0.25) is 0 Å². The fourth-order valence-corrected chi connectivity index (χ4v) is 5.36. The highest BCUT2D eigenvalue weighted by atomic mass is 19.2. The minimum Gasteiger partial charge on any atom is -0.539 e. The van der Waals surface area contributed by atoms with Crippen LogP contribution in [-0.4, -0.2) is 37.0 Å². The number of nitrogens with zero attached hydrogens (tertiary/aromatic N) is 5. The first-order valence-electron chi connectivity index (χ1n) is 13.0. The molecule has 6 bridgehead atoms. The molecular weight excluding hydrogens is 566 g/mol. The molecule has 0 spiro atoms. The third-order valence-electron chi connectivity index (χ3n) is 7.37. The minimum atomic E-state index is -2.28. The predicted octanol–water partition coefficient (Wildman–Crippen LogP) is 6.67. The number of fused-ring (bicyclic) bond motifs is 15. The Kier molecular flexibility index (Phi) is 5.39. The van der Waals surface area contributed by atoms with Gasteiger partial charge >= 0.3 is 7.62 Å². The molecule has 3 aromatic heterocycles. The smallest absolute Gasteiger partial charge is 0.471 e. The van der Waals surface area contributed by atoms with Crippen LogP contribution in [0.4, 0.5) is 22.0 Å². The van der Waals surface area contributed by atoms with Gasteiger partial charge in [-0.2, -0.15) is 8.78 Å². The zero-order valence-corrected chi connectivity index (χ0v) is 21.7. The van der Waals surface area contributed by atoms with Gasteiger partial charge < -0.3 is 14.1 Å². The van der Waals surface area contributed by atoms with Crippen LogP contribution in [0, 0.1) is 29.1 Å². The fraction of sp³-hybridized carbons (Fsp3) is 0. The molecule has 13 heteroatoms. The molecule has 8 rings (SSSR count). The van der Waals surface area contributed by atoms with Crippen molar-refractivity contribution in [1.82, 2.24) is 29.4 Å². The van der Waals surface area contributed by atoms with Crippen LogP contribution >= 0.6 is 0 Å². The lowest BCUT2D eigenvalue weighted by Crippen LogP contribution is -2.18. The molecule has 7 aromatic rings. The highest BCUT2D eigenvalue weighted by molar-refractivity contribution is 6.33. The molecule has 0 radical (unpaired) electrons. The van der Waals surface area contributed by atoms with Crippen molar-refractivity contribution in [3.63, 3.8) is 0 Å². The van der Waals surface area contributed by atoms with Gasteiger partial charge in [0, 0.05) is 32.7 Å². The quantitative estimate of drug-likeness (QED) is 0.109. The zero-order chi connectivity index (χ0) is 29.4. The summed E-state index contributed by atoms with van der Waals surface area (Å²) in [5.74, 6) is -11.4. The van der Waals surface area contributed by atoms with E-state index < -0.39 is 42.5 Å². The second kappa shape index (κ2) is 9.21. The first kappa shape index (κ1) is 25.2. The summed E-state index contributed by atoms with van der Waals surface area (Å²) in [5, 5.41) is 2.68. The summed E-state index contributed by atoms with van der Waals surface area (Å²) >= 11 is 0. The molecule has 4 heterocycles. The molecule has 0 amide bonds. The number of rotatable bonds is 3. The van der Waals surface area contributed by atoms with Gasteiger partial charge in [-0.3, -0.25) is 0 Å². The van der Waals surface area contributed by atoms with Crippen LogP contribution in [0.5, 0.6) is 5.75 Å². The SMILES string of the molecule is Fc1c(F)c(F)c(OBn2c3nc4nc(nc5[nH]c(nc2c2ccccc23)c2ccccc52)-c2ccccc2-4)c(F)c1F. The molecule has 0 aliphatic carbocycles. The Balaban J connectivity index is 1.50. The number of benzene rings is 4. The monoisotopic (exact) mass is 580 g/mol. The van der Waals surface area contributed by atoms with Gasteiger partial charge in [0.1, 0.15) is 22.6 Å². The molecule has 0 fully saturated rings. The van der Waals surface area contributed by atoms with Crippen LogP contribution in [0.25, 0.3) is 66.9 Å². The van der Waals surface area contributed by atoms with Crippen molar-refractivity contribution in [3.05, 3.63) is 102 Å². The summed E-state index contributed by atoms with van der Waals surface area (Å²) in [6.07, 6.45) is 0.